The maximum atomic E-state index is 12.3. The van der Waals surface area contributed by atoms with Crippen molar-refractivity contribution in [1.82, 2.24) is 0 Å². The Morgan fingerprint density at radius 3 is 0.985 bits per heavy atom. The second-order valence-electron chi connectivity index (χ2n) is 17.6. The zero-order valence-electron chi connectivity index (χ0n) is 42.7. The molecule has 1 atom stereocenters. The fourth-order valence-corrected chi connectivity index (χ4v) is 7.19. The van der Waals surface area contributed by atoms with Crippen molar-refractivity contribution < 1.29 is 24.2 Å². The molecular formula is C61H100O5. The second kappa shape index (κ2) is 55.6. The van der Waals surface area contributed by atoms with Gasteiger partial charge in [-0.3, -0.25) is 9.59 Å². The molecule has 0 aromatic carbocycles. The lowest BCUT2D eigenvalue weighted by molar-refractivity contribution is -0.161. The third-order valence-electron chi connectivity index (χ3n) is 11.2. The van der Waals surface area contributed by atoms with Crippen molar-refractivity contribution >= 4 is 11.9 Å². The van der Waals surface area contributed by atoms with Crippen LogP contribution >= 0.6 is 0 Å². The van der Waals surface area contributed by atoms with E-state index in [1.807, 2.05) is 0 Å². The molecule has 0 amide bonds. The smallest absolute Gasteiger partial charge is 0.306 e. The molecule has 0 fully saturated rings. The number of ether oxygens (including phenoxy) is 2. The summed E-state index contributed by atoms with van der Waals surface area (Å²) < 4.78 is 10.7. The number of aliphatic hydroxyl groups excluding tert-OH is 1. The van der Waals surface area contributed by atoms with Gasteiger partial charge >= 0.3 is 11.9 Å². The molecule has 0 saturated carbocycles. The van der Waals surface area contributed by atoms with Crippen LogP contribution in [0, 0.1) is 0 Å². The van der Waals surface area contributed by atoms with Crippen molar-refractivity contribution in [2.24, 2.45) is 0 Å². The van der Waals surface area contributed by atoms with Gasteiger partial charge in [0, 0.05) is 12.8 Å². The van der Waals surface area contributed by atoms with Crippen LogP contribution in [0.3, 0.4) is 0 Å². The highest BCUT2D eigenvalue weighted by Gasteiger charge is 2.16. The van der Waals surface area contributed by atoms with Gasteiger partial charge in [0.1, 0.15) is 6.61 Å². The number of hydrogen-bond acceptors (Lipinski definition) is 5. The standard InChI is InChI=1S/C61H100O5/c1-3-5-7-9-11-13-15-17-19-21-23-25-26-27-28-29-30-31-32-33-34-36-38-40-42-44-46-48-50-52-54-56-61(64)66-59(57-62)58-65-60(63)55-53-51-49-47-45-43-41-39-37-35-24-22-20-18-16-14-12-10-8-6-4-2/h5,7,11,13,16-19,22-25,27-28,30-31,33-34,37,39,59,62H,3-4,6,8-10,12,14-15,20-21,26,29,32,35-36,38,40-58H2,1-2H3/b7-5-,13-11-,18-16-,19-17-,24-22-,25-23-,28-27-,31-30-,34-33-,39-37-. The van der Waals surface area contributed by atoms with Crippen LogP contribution in [0.25, 0.3) is 0 Å². The average molecular weight is 913 g/mol. The van der Waals surface area contributed by atoms with Gasteiger partial charge in [0.2, 0.25) is 0 Å². The molecule has 374 valence electrons. The van der Waals surface area contributed by atoms with Gasteiger partial charge in [-0.2, -0.15) is 0 Å². The Kier molecular flexibility index (Phi) is 52.5. The van der Waals surface area contributed by atoms with Crippen molar-refractivity contribution in [3.8, 4) is 0 Å². The Labute approximate surface area is 407 Å². The zero-order chi connectivity index (χ0) is 47.7. The molecule has 66 heavy (non-hydrogen) atoms. The number of esters is 2. The van der Waals surface area contributed by atoms with Crippen LogP contribution in [0.15, 0.2) is 122 Å². The Bertz CT molecular complexity index is 1350. The molecule has 0 aliphatic carbocycles. The predicted molar refractivity (Wildman–Crippen MR) is 288 cm³/mol. The van der Waals surface area contributed by atoms with Crippen molar-refractivity contribution in [3.63, 3.8) is 0 Å². The Morgan fingerprint density at radius 1 is 0.364 bits per heavy atom. The van der Waals surface area contributed by atoms with E-state index in [0.717, 1.165) is 109 Å². The predicted octanol–water partition coefficient (Wildman–Crippen LogP) is 18.3. The first-order valence-corrected chi connectivity index (χ1v) is 27.1. The third-order valence-corrected chi connectivity index (χ3v) is 11.2. The molecule has 0 aliphatic rings. The SMILES string of the molecule is CC/C=C\C/C=C\C/C=C\C/C=C\C/C=C\C/C=C\C/C=C\CCCCCCCCCCCC(=O)OC(CO)COC(=O)CCCCCCCC/C=C\C/C=C\C/C=C\CCCCCCC. The van der Waals surface area contributed by atoms with E-state index < -0.39 is 6.10 Å². The number of carbonyl (C=O) groups excluding carboxylic acids is 2. The normalized spacial score (nSPS) is 13.2. The summed E-state index contributed by atoms with van der Waals surface area (Å²) in [4.78, 5) is 24.5. The molecule has 0 aromatic rings. The van der Waals surface area contributed by atoms with Crippen molar-refractivity contribution in [3.05, 3.63) is 122 Å². The number of hydrogen-bond donors (Lipinski definition) is 1. The van der Waals surface area contributed by atoms with Gasteiger partial charge in [0.25, 0.3) is 0 Å². The van der Waals surface area contributed by atoms with Crippen LogP contribution in [-0.4, -0.2) is 36.4 Å². The molecule has 5 nitrogen and oxygen atoms in total. The molecule has 0 rings (SSSR count). The molecule has 0 spiro atoms. The van der Waals surface area contributed by atoms with Gasteiger partial charge in [-0.05, 0) is 109 Å². The first kappa shape index (κ1) is 62.3. The highest BCUT2D eigenvalue weighted by Crippen LogP contribution is 2.14. The Balaban J connectivity index is 3.60. The highest BCUT2D eigenvalue weighted by molar-refractivity contribution is 5.70. The van der Waals surface area contributed by atoms with E-state index in [0.29, 0.717) is 12.8 Å². The van der Waals surface area contributed by atoms with Gasteiger partial charge in [0.05, 0.1) is 6.61 Å². The minimum atomic E-state index is -0.790. The van der Waals surface area contributed by atoms with E-state index in [1.54, 1.807) is 0 Å². The monoisotopic (exact) mass is 913 g/mol. The fraction of sp³-hybridized carbons (Fsp3) is 0.639. The summed E-state index contributed by atoms with van der Waals surface area (Å²) in [5.41, 5.74) is 0. The summed E-state index contributed by atoms with van der Waals surface area (Å²) in [5, 5.41) is 9.64. The first-order valence-electron chi connectivity index (χ1n) is 27.1. The van der Waals surface area contributed by atoms with Crippen LogP contribution in [0.5, 0.6) is 0 Å². The minimum absolute atomic E-state index is 0.0820. The van der Waals surface area contributed by atoms with Crippen molar-refractivity contribution in [2.45, 2.75) is 238 Å². The van der Waals surface area contributed by atoms with Crippen LogP contribution in [0.2, 0.25) is 0 Å². The molecule has 0 heterocycles. The second-order valence-corrected chi connectivity index (χ2v) is 17.6. The van der Waals surface area contributed by atoms with E-state index in [1.165, 1.54) is 96.3 Å². The van der Waals surface area contributed by atoms with E-state index in [2.05, 4.69) is 135 Å². The summed E-state index contributed by atoms with van der Waals surface area (Å²) in [6.45, 7) is 4.00. The van der Waals surface area contributed by atoms with Crippen LogP contribution in [0.4, 0.5) is 0 Å². The Hall–Kier alpha value is -3.70. The minimum Gasteiger partial charge on any atom is -0.462 e. The van der Waals surface area contributed by atoms with Gasteiger partial charge < -0.3 is 14.6 Å². The number of rotatable bonds is 48. The zero-order valence-corrected chi connectivity index (χ0v) is 42.7. The van der Waals surface area contributed by atoms with Crippen molar-refractivity contribution in [2.75, 3.05) is 13.2 Å². The maximum absolute atomic E-state index is 12.3. The highest BCUT2D eigenvalue weighted by atomic mass is 16.6. The molecule has 0 bridgehead atoms. The lowest BCUT2D eigenvalue weighted by Gasteiger charge is -2.15. The number of allylic oxidation sites excluding steroid dienone is 20. The van der Waals surface area contributed by atoms with Gasteiger partial charge in [-0.15, -0.1) is 0 Å². The Morgan fingerprint density at radius 2 is 0.652 bits per heavy atom. The fourth-order valence-electron chi connectivity index (χ4n) is 7.19. The van der Waals surface area contributed by atoms with Gasteiger partial charge in [-0.1, -0.05) is 232 Å². The summed E-state index contributed by atoms with van der Waals surface area (Å²) in [5.74, 6) is -0.618. The summed E-state index contributed by atoms with van der Waals surface area (Å²) >= 11 is 0. The molecule has 0 aromatic heterocycles. The lowest BCUT2D eigenvalue weighted by atomic mass is 10.1. The number of unbranched alkanes of at least 4 members (excludes halogenated alkanes) is 20. The van der Waals surface area contributed by atoms with Gasteiger partial charge in [-0.25, -0.2) is 0 Å². The van der Waals surface area contributed by atoms with Gasteiger partial charge in [0.15, 0.2) is 6.10 Å². The summed E-state index contributed by atoms with van der Waals surface area (Å²) in [6, 6.07) is 0. The number of aliphatic hydroxyl groups is 1. The molecule has 5 heteroatoms. The van der Waals surface area contributed by atoms with Crippen LogP contribution < -0.4 is 0 Å². The molecule has 0 saturated heterocycles. The topological polar surface area (TPSA) is 72.8 Å². The molecule has 0 radical (unpaired) electrons. The summed E-state index contributed by atoms with van der Waals surface area (Å²) in [7, 11) is 0. The lowest BCUT2D eigenvalue weighted by Crippen LogP contribution is -2.28. The third kappa shape index (κ3) is 52.9. The van der Waals surface area contributed by atoms with E-state index >= 15 is 0 Å². The summed E-state index contributed by atoms with van der Waals surface area (Å²) in [6.07, 6.45) is 81.5. The molecule has 1 N–H and O–H groups in total. The maximum Gasteiger partial charge on any atom is 0.306 e. The average Bonchev–Trinajstić information content (AvgIpc) is 3.32. The van der Waals surface area contributed by atoms with E-state index in [-0.39, 0.29) is 25.2 Å². The van der Waals surface area contributed by atoms with Crippen molar-refractivity contribution in [1.29, 1.82) is 0 Å². The number of carbonyl (C=O) groups is 2. The molecular weight excluding hydrogens is 813 g/mol. The largest absolute Gasteiger partial charge is 0.462 e. The van der Waals surface area contributed by atoms with Crippen LogP contribution in [-0.2, 0) is 19.1 Å². The quantitative estimate of drug-likeness (QED) is 0.0374. The van der Waals surface area contributed by atoms with Crippen LogP contribution in [0.1, 0.15) is 232 Å². The molecule has 1 unspecified atom stereocenters. The molecule has 0 aliphatic heterocycles. The van der Waals surface area contributed by atoms with E-state index in [4.69, 9.17) is 9.47 Å². The van der Waals surface area contributed by atoms with E-state index in [9.17, 15) is 14.7 Å². The first-order chi connectivity index (χ1) is 32.6.